The summed E-state index contributed by atoms with van der Waals surface area (Å²) in [7, 11) is 0. The molecule has 2 fully saturated rings. The van der Waals surface area contributed by atoms with Crippen LogP contribution in [0.5, 0.6) is 5.75 Å². The maximum Gasteiger partial charge on any atom is 0.416 e. The van der Waals surface area contributed by atoms with Crippen LogP contribution in [0.15, 0.2) is 55.0 Å². The Morgan fingerprint density at radius 3 is 2.56 bits per heavy atom. The third kappa shape index (κ3) is 4.98. The van der Waals surface area contributed by atoms with E-state index >= 15 is 0 Å². The van der Waals surface area contributed by atoms with E-state index in [1.165, 1.54) is 12.1 Å². The first-order valence-electron chi connectivity index (χ1n) is 13.1. The van der Waals surface area contributed by atoms with Crippen molar-refractivity contribution in [2.45, 2.75) is 25.2 Å². The van der Waals surface area contributed by atoms with Gasteiger partial charge >= 0.3 is 6.18 Å². The minimum absolute atomic E-state index is 0.0464. The van der Waals surface area contributed by atoms with E-state index < -0.39 is 11.7 Å². The highest BCUT2D eigenvalue weighted by atomic mass is 19.4. The lowest BCUT2D eigenvalue weighted by Gasteiger charge is -2.48. The van der Waals surface area contributed by atoms with Crippen molar-refractivity contribution in [1.82, 2.24) is 24.8 Å². The zero-order valence-corrected chi connectivity index (χ0v) is 21.3. The van der Waals surface area contributed by atoms with Crippen LogP contribution >= 0.6 is 0 Å². The Kier molecular flexibility index (Phi) is 6.76. The topological polar surface area (TPSA) is 77.6 Å². The monoisotopic (exact) mass is 538 g/mol. The summed E-state index contributed by atoms with van der Waals surface area (Å²) in [5.74, 6) is 0.440. The van der Waals surface area contributed by atoms with Crippen LogP contribution in [0.25, 0.3) is 21.9 Å². The van der Waals surface area contributed by atoms with Gasteiger partial charge in [-0.3, -0.25) is 14.7 Å². The van der Waals surface area contributed by atoms with Crippen molar-refractivity contribution in [2.75, 3.05) is 44.2 Å². The largest absolute Gasteiger partial charge is 0.493 e. The summed E-state index contributed by atoms with van der Waals surface area (Å²) in [6.45, 7) is 4.09. The molecule has 11 heteroatoms. The Labute approximate surface area is 223 Å². The van der Waals surface area contributed by atoms with E-state index in [1.54, 1.807) is 6.20 Å². The molecule has 2 aliphatic rings. The second-order valence-corrected chi connectivity index (χ2v) is 10.1. The lowest BCUT2D eigenvalue weighted by molar-refractivity contribution is -0.137. The number of halogens is 3. The van der Waals surface area contributed by atoms with Crippen molar-refractivity contribution in [3.05, 3.63) is 60.6 Å². The molecule has 1 amide bonds. The van der Waals surface area contributed by atoms with Gasteiger partial charge in [0.25, 0.3) is 0 Å². The number of anilines is 1. The number of pyridine rings is 2. The Balaban J connectivity index is 1.17. The fourth-order valence-electron chi connectivity index (χ4n) is 5.95. The molecule has 1 aromatic carbocycles. The number of amides is 1. The maximum absolute atomic E-state index is 12.9. The number of nitrogens with one attached hydrogen (secondary N) is 1. The number of fused-ring (bicyclic) bond motifs is 3. The number of alkyl halides is 3. The molecule has 0 aliphatic carbocycles. The molecule has 0 saturated carbocycles. The second-order valence-electron chi connectivity index (χ2n) is 10.1. The predicted molar refractivity (Wildman–Crippen MR) is 141 cm³/mol. The van der Waals surface area contributed by atoms with Gasteiger partial charge in [-0.25, -0.2) is 4.98 Å². The minimum Gasteiger partial charge on any atom is -0.493 e. The van der Waals surface area contributed by atoms with Crippen molar-refractivity contribution >= 4 is 34.0 Å². The van der Waals surface area contributed by atoms with E-state index in [0.29, 0.717) is 18.9 Å². The first kappa shape index (κ1) is 25.4. The van der Waals surface area contributed by atoms with Crippen LogP contribution in [0, 0.1) is 5.92 Å². The average Bonchev–Trinajstić information content (AvgIpc) is 3.45. The molecule has 6 rings (SSSR count). The number of ether oxygens (including phenoxy) is 1. The zero-order chi connectivity index (χ0) is 27.0. The molecular formula is C28H29F3N6O2. The molecule has 1 N–H and O–H groups in total. The van der Waals surface area contributed by atoms with E-state index in [-0.39, 0.29) is 12.1 Å². The first-order chi connectivity index (χ1) is 18.9. The lowest BCUT2D eigenvalue weighted by atomic mass is 9.93. The summed E-state index contributed by atoms with van der Waals surface area (Å²) in [4.78, 5) is 30.7. The number of carbonyl (C=O) groups excluding carboxylic acids is 1. The molecule has 2 atom stereocenters. The standard InChI is InChI=1S/C28H29F3N6O2/c29-28(30,31)20-3-5-21(6-4-20)39-17-19-2-1-11-37(18-38)27(19)36-14-12-35(13-15-36)24-8-10-32-23-16-34-26-22(25(23)24)7-9-33-26/h3-10,16,18-19,27H,1-2,11-15,17H2,(H,33,34). The number of nitrogens with zero attached hydrogens (tertiary/aromatic N) is 5. The Morgan fingerprint density at radius 1 is 1.03 bits per heavy atom. The predicted octanol–water partition coefficient (Wildman–Crippen LogP) is 4.53. The minimum atomic E-state index is -4.38. The van der Waals surface area contributed by atoms with E-state index in [2.05, 4.69) is 24.8 Å². The van der Waals surface area contributed by atoms with Crippen molar-refractivity contribution < 1.29 is 22.7 Å². The zero-order valence-electron chi connectivity index (χ0n) is 21.3. The number of benzene rings is 1. The normalized spacial score (nSPS) is 21.0. The summed E-state index contributed by atoms with van der Waals surface area (Å²) in [6.07, 6.45) is 3.63. The quantitative estimate of drug-likeness (QED) is 0.364. The molecule has 2 aliphatic heterocycles. The Bertz CT molecular complexity index is 1450. The summed E-state index contributed by atoms with van der Waals surface area (Å²) >= 11 is 0. The Morgan fingerprint density at radius 2 is 1.82 bits per heavy atom. The summed E-state index contributed by atoms with van der Waals surface area (Å²) in [5.41, 5.74) is 2.09. The molecule has 0 spiro atoms. The fourth-order valence-corrected chi connectivity index (χ4v) is 5.95. The third-order valence-electron chi connectivity index (χ3n) is 7.83. The van der Waals surface area contributed by atoms with Gasteiger partial charge in [-0.05, 0) is 49.2 Å². The molecule has 0 radical (unpaired) electrons. The van der Waals surface area contributed by atoms with Crippen LogP contribution in [0.2, 0.25) is 0 Å². The molecule has 8 nitrogen and oxygen atoms in total. The third-order valence-corrected chi connectivity index (χ3v) is 7.83. The lowest BCUT2D eigenvalue weighted by Crippen LogP contribution is -2.61. The maximum atomic E-state index is 12.9. The van der Waals surface area contributed by atoms with Crippen molar-refractivity contribution in [2.24, 2.45) is 5.92 Å². The van der Waals surface area contributed by atoms with Crippen LogP contribution in [0.1, 0.15) is 18.4 Å². The molecule has 204 valence electrons. The Hall–Kier alpha value is -3.86. The molecule has 39 heavy (non-hydrogen) atoms. The van der Waals surface area contributed by atoms with Gasteiger partial charge in [0.05, 0.1) is 30.0 Å². The van der Waals surface area contributed by atoms with Gasteiger partial charge in [0.1, 0.15) is 11.4 Å². The molecule has 2 unspecified atom stereocenters. The fraction of sp³-hybridized carbons (Fsp3) is 0.393. The SMILES string of the molecule is O=CN1CCCC(COc2ccc(C(F)(F)F)cc2)C1N1CCN(c2ccnc3cnc4[nH]ccc4c23)CC1. The van der Waals surface area contributed by atoms with Crippen LogP contribution in [0.4, 0.5) is 18.9 Å². The van der Waals surface area contributed by atoms with Gasteiger partial charge in [-0.1, -0.05) is 0 Å². The highest BCUT2D eigenvalue weighted by Crippen LogP contribution is 2.34. The van der Waals surface area contributed by atoms with E-state index in [1.807, 2.05) is 29.4 Å². The molecule has 2 saturated heterocycles. The van der Waals surface area contributed by atoms with Crippen molar-refractivity contribution in [1.29, 1.82) is 0 Å². The van der Waals surface area contributed by atoms with E-state index in [9.17, 15) is 18.0 Å². The van der Waals surface area contributed by atoms with Gasteiger partial charge in [-0.2, -0.15) is 13.2 Å². The van der Waals surface area contributed by atoms with Gasteiger partial charge < -0.3 is 19.5 Å². The number of aromatic nitrogens is 3. The van der Waals surface area contributed by atoms with Crippen molar-refractivity contribution in [3.8, 4) is 5.75 Å². The number of hydrogen-bond acceptors (Lipinski definition) is 6. The van der Waals surface area contributed by atoms with Gasteiger partial charge in [-0.15, -0.1) is 0 Å². The summed E-state index contributed by atoms with van der Waals surface area (Å²) in [5, 5.41) is 2.12. The van der Waals surface area contributed by atoms with E-state index in [0.717, 1.165) is 85.2 Å². The van der Waals surface area contributed by atoms with Crippen LogP contribution in [0.3, 0.4) is 0 Å². The second kappa shape index (κ2) is 10.4. The number of rotatable bonds is 6. The molecule has 4 aromatic rings. The number of H-pyrrole nitrogens is 1. The van der Waals surface area contributed by atoms with Gasteiger partial charge in [0.15, 0.2) is 0 Å². The number of aromatic amines is 1. The number of hydrogen-bond donors (Lipinski definition) is 1. The highest BCUT2D eigenvalue weighted by Gasteiger charge is 2.37. The highest BCUT2D eigenvalue weighted by molar-refractivity contribution is 6.09. The van der Waals surface area contributed by atoms with E-state index in [4.69, 9.17) is 4.74 Å². The molecule has 0 bridgehead atoms. The first-order valence-corrected chi connectivity index (χ1v) is 13.1. The number of piperidine rings is 1. The smallest absolute Gasteiger partial charge is 0.416 e. The summed E-state index contributed by atoms with van der Waals surface area (Å²) < 4.78 is 44.7. The van der Waals surface area contributed by atoms with Gasteiger partial charge in [0, 0.05) is 67.5 Å². The number of likely N-dealkylation sites (tertiary alicyclic amines) is 1. The number of piperazine rings is 1. The summed E-state index contributed by atoms with van der Waals surface area (Å²) in [6, 6.07) is 8.84. The van der Waals surface area contributed by atoms with Crippen LogP contribution in [-0.4, -0.2) is 76.7 Å². The van der Waals surface area contributed by atoms with Crippen LogP contribution < -0.4 is 9.64 Å². The van der Waals surface area contributed by atoms with Gasteiger partial charge in [0.2, 0.25) is 6.41 Å². The molecular weight excluding hydrogens is 509 g/mol. The molecule has 3 aromatic heterocycles. The molecule has 5 heterocycles. The number of carbonyl (C=O) groups is 1. The van der Waals surface area contributed by atoms with Crippen LogP contribution in [-0.2, 0) is 11.0 Å². The average molecular weight is 539 g/mol. The van der Waals surface area contributed by atoms with Crippen molar-refractivity contribution in [3.63, 3.8) is 0 Å².